The van der Waals surface area contributed by atoms with Gasteiger partial charge in [0.1, 0.15) is 6.54 Å². The van der Waals surface area contributed by atoms with Crippen LogP contribution in [0.3, 0.4) is 0 Å². The van der Waals surface area contributed by atoms with Gasteiger partial charge in [0.15, 0.2) is 6.61 Å². The van der Waals surface area contributed by atoms with Crippen molar-refractivity contribution in [1.82, 2.24) is 4.90 Å². The number of imide groups is 1. The van der Waals surface area contributed by atoms with Gasteiger partial charge in [-0.25, -0.2) is 0 Å². The average molecular weight is 382 g/mol. The summed E-state index contributed by atoms with van der Waals surface area (Å²) in [6.07, 6.45) is 5.59. The molecule has 146 valence electrons. The number of hydrogen-bond acceptors (Lipinski definition) is 5. The number of amides is 3. The van der Waals surface area contributed by atoms with Crippen LogP contribution in [0.1, 0.15) is 18.9 Å². The minimum absolute atomic E-state index is 0.0943. The maximum Gasteiger partial charge on any atom is 0.326 e. The molecule has 2 fully saturated rings. The number of carbonyl (C=O) groups excluding carboxylic acids is 4. The predicted octanol–water partition coefficient (Wildman–Crippen LogP) is 1.54. The van der Waals surface area contributed by atoms with Crippen molar-refractivity contribution in [3.8, 4) is 0 Å². The highest BCUT2D eigenvalue weighted by atomic mass is 16.5. The van der Waals surface area contributed by atoms with Gasteiger partial charge in [-0.2, -0.15) is 0 Å². The first kappa shape index (κ1) is 18.4. The van der Waals surface area contributed by atoms with E-state index >= 15 is 0 Å². The lowest BCUT2D eigenvalue weighted by Crippen LogP contribution is -2.38. The van der Waals surface area contributed by atoms with Gasteiger partial charge in [-0.1, -0.05) is 37.3 Å². The molecular formula is C21H22N2O5. The summed E-state index contributed by atoms with van der Waals surface area (Å²) in [6.45, 7) is 1.07. The largest absolute Gasteiger partial charge is 0.454 e. The van der Waals surface area contributed by atoms with Crippen LogP contribution in [-0.2, 0) is 30.3 Å². The number of likely N-dealkylation sites (tertiary alicyclic amines) is 1. The molecule has 4 atom stereocenters. The Labute approximate surface area is 162 Å². The molecule has 3 aliphatic rings. The zero-order valence-corrected chi connectivity index (χ0v) is 15.6. The summed E-state index contributed by atoms with van der Waals surface area (Å²) in [5, 5.41) is 2.71. The molecule has 0 spiro atoms. The molecule has 1 aromatic rings. The van der Waals surface area contributed by atoms with E-state index in [9.17, 15) is 19.2 Å². The van der Waals surface area contributed by atoms with E-state index in [4.69, 9.17) is 4.74 Å². The fourth-order valence-corrected chi connectivity index (χ4v) is 4.58. The molecule has 2 aliphatic carbocycles. The van der Waals surface area contributed by atoms with Crippen molar-refractivity contribution in [2.45, 2.75) is 19.8 Å². The van der Waals surface area contributed by atoms with Crippen LogP contribution in [0.15, 0.2) is 36.4 Å². The normalized spacial score (nSPS) is 27.2. The van der Waals surface area contributed by atoms with E-state index in [1.807, 2.05) is 37.3 Å². The summed E-state index contributed by atoms with van der Waals surface area (Å²) in [4.78, 5) is 50.3. The SMILES string of the molecule is CCc1ccccc1NC(=O)COC(=O)CN1C(=O)[C@@H]2[C@H](C1=O)[C@H]1C=C[C@H]2C1. The van der Waals surface area contributed by atoms with Crippen LogP contribution in [0, 0.1) is 23.7 Å². The van der Waals surface area contributed by atoms with Crippen molar-refractivity contribution in [3.63, 3.8) is 0 Å². The summed E-state index contributed by atoms with van der Waals surface area (Å²) < 4.78 is 4.99. The van der Waals surface area contributed by atoms with Crippen molar-refractivity contribution in [1.29, 1.82) is 0 Å². The van der Waals surface area contributed by atoms with E-state index in [0.29, 0.717) is 5.69 Å². The number of nitrogens with zero attached hydrogens (tertiary/aromatic N) is 1. The van der Waals surface area contributed by atoms with Crippen LogP contribution in [0.2, 0.25) is 0 Å². The lowest BCUT2D eigenvalue weighted by Gasteiger charge is -2.16. The predicted molar refractivity (Wildman–Crippen MR) is 99.8 cm³/mol. The third kappa shape index (κ3) is 3.10. The van der Waals surface area contributed by atoms with E-state index in [0.717, 1.165) is 23.3 Å². The number of aryl methyl sites for hydroxylation is 1. The van der Waals surface area contributed by atoms with Crippen molar-refractivity contribution in [3.05, 3.63) is 42.0 Å². The lowest BCUT2D eigenvalue weighted by atomic mass is 9.85. The van der Waals surface area contributed by atoms with Crippen LogP contribution in [0.4, 0.5) is 5.69 Å². The van der Waals surface area contributed by atoms with Gasteiger partial charge in [0.2, 0.25) is 11.8 Å². The smallest absolute Gasteiger partial charge is 0.326 e. The average Bonchev–Trinajstić information content (AvgIpc) is 3.37. The number of fused-ring (bicyclic) bond motifs is 5. The van der Waals surface area contributed by atoms with Gasteiger partial charge in [0.25, 0.3) is 5.91 Å². The second-order valence-electron chi connectivity index (χ2n) is 7.48. The Hall–Kier alpha value is -2.96. The van der Waals surface area contributed by atoms with Crippen LogP contribution < -0.4 is 5.32 Å². The lowest BCUT2D eigenvalue weighted by molar-refractivity contribution is -0.154. The monoisotopic (exact) mass is 382 g/mol. The Morgan fingerprint density at radius 2 is 1.75 bits per heavy atom. The summed E-state index contributed by atoms with van der Waals surface area (Å²) in [6, 6.07) is 7.38. The molecule has 1 saturated heterocycles. The molecule has 0 unspecified atom stereocenters. The van der Waals surface area contributed by atoms with E-state index < -0.39 is 25.0 Å². The Balaban J connectivity index is 1.30. The molecule has 7 nitrogen and oxygen atoms in total. The fraction of sp³-hybridized carbons (Fsp3) is 0.429. The first-order chi connectivity index (χ1) is 13.5. The van der Waals surface area contributed by atoms with E-state index in [1.54, 1.807) is 6.07 Å². The molecule has 3 amide bonds. The summed E-state index contributed by atoms with van der Waals surface area (Å²) >= 11 is 0. The van der Waals surface area contributed by atoms with Crippen molar-refractivity contribution >= 4 is 29.4 Å². The molecule has 4 rings (SSSR count). The number of hydrogen-bond donors (Lipinski definition) is 1. The number of para-hydroxylation sites is 1. The molecular weight excluding hydrogens is 360 g/mol. The minimum Gasteiger partial charge on any atom is -0.454 e. The molecule has 0 radical (unpaired) electrons. The summed E-state index contributed by atoms with van der Waals surface area (Å²) in [5.41, 5.74) is 1.65. The van der Waals surface area contributed by atoms with Crippen LogP contribution in [0.25, 0.3) is 0 Å². The highest BCUT2D eigenvalue weighted by Crippen LogP contribution is 2.52. The molecule has 1 aromatic carbocycles. The topological polar surface area (TPSA) is 92.8 Å². The third-order valence-corrected chi connectivity index (χ3v) is 5.89. The van der Waals surface area contributed by atoms with Gasteiger partial charge >= 0.3 is 5.97 Å². The van der Waals surface area contributed by atoms with Gasteiger partial charge in [-0.3, -0.25) is 24.1 Å². The molecule has 1 saturated carbocycles. The maximum absolute atomic E-state index is 12.6. The van der Waals surface area contributed by atoms with Crippen molar-refractivity contribution in [2.75, 3.05) is 18.5 Å². The maximum atomic E-state index is 12.6. The number of rotatable bonds is 6. The zero-order chi connectivity index (χ0) is 19.8. The van der Waals surface area contributed by atoms with E-state index in [2.05, 4.69) is 5.32 Å². The van der Waals surface area contributed by atoms with Crippen LogP contribution in [0.5, 0.6) is 0 Å². The van der Waals surface area contributed by atoms with Crippen molar-refractivity contribution < 1.29 is 23.9 Å². The number of carbonyl (C=O) groups is 4. The third-order valence-electron chi connectivity index (χ3n) is 5.89. The molecule has 1 aliphatic heterocycles. The van der Waals surface area contributed by atoms with Gasteiger partial charge < -0.3 is 10.1 Å². The standard InChI is InChI=1S/C21H22N2O5/c1-2-12-5-3-4-6-15(12)22-16(24)11-28-17(25)10-23-20(26)18-13-7-8-14(9-13)19(18)21(23)27/h3-8,13-14,18-19H,2,9-11H2,1H3,(H,22,24)/t13-,14-,18-,19+/m0/s1. The number of benzene rings is 1. The fourth-order valence-electron chi connectivity index (χ4n) is 4.58. The van der Waals surface area contributed by atoms with Crippen molar-refractivity contribution in [2.24, 2.45) is 23.7 Å². The second kappa shape index (κ2) is 7.22. The van der Waals surface area contributed by atoms with Gasteiger partial charge in [0, 0.05) is 5.69 Å². The Bertz CT molecular complexity index is 847. The minimum atomic E-state index is -0.763. The Morgan fingerprint density at radius 3 is 2.39 bits per heavy atom. The number of anilines is 1. The Morgan fingerprint density at radius 1 is 1.11 bits per heavy atom. The first-order valence-electron chi connectivity index (χ1n) is 9.56. The van der Waals surface area contributed by atoms with E-state index in [1.165, 1.54) is 0 Å². The van der Waals surface area contributed by atoms with Gasteiger partial charge in [-0.15, -0.1) is 0 Å². The molecule has 7 heteroatoms. The molecule has 1 N–H and O–H groups in total. The second-order valence-corrected chi connectivity index (χ2v) is 7.48. The summed E-state index contributed by atoms with van der Waals surface area (Å²) in [7, 11) is 0. The van der Waals surface area contributed by atoms with Crippen LogP contribution >= 0.6 is 0 Å². The zero-order valence-electron chi connectivity index (χ0n) is 15.6. The number of ether oxygens (including phenoxy) is 1. The molecule has 28 heavy (non-hydrogen) atoms. The molecule has 2 bridgehead atoms. The van der Waals surface area contributed by atoms with Gasteiger partial charge in [0.05, 0.1) is 11.8 Å². The number of nitrogens with one attached hydrogen (secondary N) is 1. The van der Waals surface area contributed by atoms with Crippen LogP contribution in [-0.4, -0.2) is 41.7 Å². The quantitative estimate of drug-likeness (QED) is 0.458. The van der Waals surface area contributed by atoms with Gasteiger partial charge in [-0.05, 0) is 36.3 Å². The highest BCUT2D eigenvalue weighted by molar-refractivity contribution is 6.08. The highest BCUT2D eigenvalue weighted by Gasteiger charge is 2.59. The summed E-state index contributed by atoms with van der Waals surface area (Å²) in [5.74, 6) is -2.33. The van der Waals surface area contributed by atoms with E-state index in [-0.39, 0.29) is 35.5 Å². The first-order valence-corrected chi connectivity index (χ1v) is 9.56. The molecule has 0 aromatic heterocycles. The molecule has 1 heterocycles. The Kier molecular flexibility index (Phi) is 4.75. The number of esters is 1. The number of allylic oxidation sites excluding steroid dienone is 2.